The highest BCUT2D eigenvalue weighted by Gasteiger charge is 2.33. The van der Waals surface area contributed by atoms with E-state index in [0.29, 0.717) is 23.9 Å². The van der Waals surface area contributed by atoms with Gasteiger partial charge in [0.25, 0.3) is 0 Å². The Balaban J connectivity index is 2.05. The van der Waals surface area contributed by atoms with Crippen LogP contribution in [0.25, 0.3) is 0 Å². The monoisotopic (exact) mass is 599 g/mol. The zero-order valence-corrected chi connectivity index (χ0v) is 25.3. The third-order valence-electron chi connectivity index (χ3n) is 6.48. The van der Waals surface area contributed by atoms with Gasteiger partial charge >= 0.3 is 0 Å². The molecule has 0 aliphatic rings. The quantitative estimate of drug-likeness (QED) is 0.246. The van der Waals surface area contributed by atoms with Gasteiger partial charge < -0.3 is 15.0 Å². The molecular weight excluding hydrogens is 562 g/mol. The Kier molecular flexibility index (Phi) is 12.0. The number of unbranched alkanes of at least 4 members (excludes halogenated alkanes) is 1. The maximum Gasteiger partial charge on any atom is 0.244 e. The van der Waals surface area contributed by atoms with Crippen molar-refractivity contribution in [3.05, 3.63) is 95.0 Å². The summed E-state index contributed by atoms with van der Waals surface area (Å²) in [4.78, 5) is 29.2. The summed E-state index contributed by atoms with van der Waals surface area (Å²) in [6.45, 7) is 4.20. The lowest BCUT2D eigenvalue weighted by atomic mass is 10.0. The van der Waals surface area contributed by atoms with Crippen molar-refractivity contribution in [3.63, 3.8) is 0 Å². The Hall–Kier alpha value is -3.56. The van der Waals surface area contributed by atoms with E-state index in [0.717, 1.165) is 34.5 Å². The molecule has 1 atom stereocenters. The number of carbonyl (C=O) groups excluding carboxylic acids is 2. The van der Waals surface area contributed by atoms with E-state index in [1.807, 2.05) is 37.3 Å². The van der Waals surface area contributed by atoms with Gasteiger partial charge in [0.15, 0.2) is 0 Å². The summed E-state index contributed by atoms with van der Waals surface area (Å²) in [6.07, 6.45) is 3.00. The third kappa shape index (κ3) is 9.50. The maximum absolute atomic E-state index is 14.2. The van der Waals surface area contributed by atoms with Gasteiger partial charge in [-0.3, -0.25) is 13.9 Å². The van der Waals surface area contributed by atoms with Crippen LogP contribution < -0.4 is 14.4 Å². The third-order valence-corrected chi connectivity index (χ3v) is 7.86. The minimum absolute atomic E-state index is 0.0827. The average Bonchev–Trinajstić information content (AvgIpc) is 2.95. The van der Waals surface area contributed by atoms with Crippen LogP contribution in [0.2, 0.25) is 5.02 Å². The Morgan fingerprint density at radius 3 is 2.22 bits per heavy atom. The van der Waals surface area contributed by atoms with Crippen molar-refractivity contribution in [1.82, 2.24) is 10.2 Å². The predicted octanol–water partition coefficient (Wildman–Crippen LogP) is 5.06. The van der Waals surface area contributed by atoms with E-state index < -0.39 is 28.5 Å². The minimum Gasteiger partial charge on any atom is -0.492 e. The number of hydrogen-bond donors (Lipinski definition) is 1. The van der Waals surface area contributed by atoms with Crippen molar-refractivity contribution in [2.45, 2.75) is 45.7 Å². The predicted molar refractivity (Wildman–Crippen MR) is 164 cm³/mol. The molecule has 0 spiro atoms. The normalized spacial score (nSPS) is 11.9. The van der Waals surface area contributed by atoms with E-state index in [9.17, 15) is 18.0 Å². The first-order valence-corrected chi connectivity index (χ1v) is 15.9. The first-order chi connectivity index (χ1) is 19.6. The number of hydrogen-bond acceptors (Lipinski definition) is 5. The van der Waals surface area contributed by atoms with E-state index in [4.69, 9.17) is 16.3 Å². The second kappa shape index (κ2) is 15.4. The van der Waals surface area contributed by atoms with Crippen molar-refractivity contribution in [2.24, 2.45) is 0 Å². The number of nitrogens with one attached hydrogen (secondary N) is 1. The van der Waals surface area contributed by atoms with E-state index in [1.165, 1.54) is 4.90 Å². The zero-order valence-electron chi connectivity index (χ0n) is 23.8. The zero-order chi connectivity index (χ0) is 29.8. The van der Waals surface area contributed by atoms with Crippen molar-refractivity contribution in [1.29, 1.82) is 0 Å². The molecule has 2 amide bonds. The van der Waals surface area contributed by atoms with Gasteiger partial charge in [0, 0.05) is 24.5 Å². The highest BCUT2D eigenvalue weighted by atomic mass is 35.5. The number of ether oxygens (including phenoxy) is 1. The highest BCUT2D eigenvalue weighted by molar-refractivity contribution is 7.92. The Bertz CT molecular complexity index is 1380. The van der Waals surface area contributed by atoms with Crippen LogP contribution in [0.4, 0.5) is 5.69 Å². The van der Waals surface area contributed by atoms with Gasteiger partial charge in [0.2, 0.25) is 21.8 Å². The maximum atomic E-state index is 14.2. The molecule has 8 nitrogen and oxygen atoms in total. The molecule has 3 aromatic carbocycles. The van der Waals surface area contributed by atoms with Crippen LogP contribution in [0.5, 0.6) is 5.75 Å². The standard InChI is InChI=1S/C31H38ClN3O5S/c1-4-6-20-33-31(37)28(21-24-12-8-7-9-13-24)34(22-25-16-18-26(32)19-17-25)30(36)23-35(41(3,38)39)27-14-10-11-15-29(27)40-5-2/h7-19,28H,4-6,20-23H2,1-3H3,(H,33,37)/t28-/m0/s1. The van der Waals surface area contributed by atoms with Gasteiger partial charge in [-0.15, -0.1) is 0 Å². The molecule has 41 heavy (non-hydrogen) atoms. The molecule has 0 fully saturated rings. The number of sulfonamides is 1. The molecule has 0 bridgehead atoms. The number of nitrogens with zero attached hydrogens (tertiary/aromatic N) is 2. The molecule has 3 rings (SSSR count). The summed E-state index contributed by atoms with van der Waals surface area (Å²) in [7, 11) is -3.90. The molecule has 220 valence electrons. The number of rotatable bonds is 15. The Morgan fingerprint density at radius 2 is 1.59 bits per heavy atom. The van der Waals surface area contributed by atoms with Gasteiger partial charge in [0.05, 0.1) is 18.6 Å². The van der Waals surface area contributed by atoms with Gasteiger partial charge in [-0.2, -0.15) is 0 Å². The molecule has 0 aromatic heterocycles. The van der Waals surface area contributed by atoms with Crippen LogP contribution in [-0.4, -0.2) is 57.1 Å². The summed E-state index contributed by atoms with van der Waals surface area (Å²) >= 11 is 6.10. The molecule has 0 aliphatic carbocycles. The molecule has 0 unspecified atom stereocenters. The molecule has 0 saturated carbocycles. The fraction of sp³-hybridized carbons (Fsp3) is 0.355. The lowest BCUT2D eigenvalue weighted by Gasteiger charge is -2.33. The van der Waals surface area contributed by atoms with Crippen LogP contribution in [-0.2, 0) is 32.6 Å². The number of halogens is 1. The molecule has 10 heteroatoms. The molecule has 0 saturated heterocycles. The van der Waals surface area contributed by atoms with Crippen molar-refractivity contribution in [3.8, 4) is 5.75 Å². The number of amides is 2. The molecular formula is C31H38ClN3O5S. The SMILES string of the molecule is CCCCNC(=O)[C@H](Cc1ccccc1)N(Cc1ccc(Cl)cc1)C(=O)CN(c1ccccc1OCC)S(C)(=O)=O. The largest absolute Gasteiger partial charge is 0.492 e. The van der Waals surface area contributed by atoms with Crippen LogP contribution in [0.15, 0.2) is 78.9 Å². The summed E-state index contributed by atoms with van der Waals surface area (Å²) in [6, 6.07) is 22.2. The number of benzene rings is 3. The van der Waals surface area contributed by atoms with Crippen molar-refractivity contribution < 1.29 is 22.7 Å². The molecule has 0 aliphatic heterocycles. The van der Waals surface area contributed by atoms with E-state index >= 15 is 0 Å². The first kappa shape index (κ1) is 32.0. The topological polar surface area (TPSA) is 96.0 Å². The highest BCUT2D eigenvalue weighted by Crippen LogP contribution is 2.30. The second-order valence-electron chi connectivity index (χ2n) is 9.67. The fourth-order valence-electron chi connectivity index (χ4n) is 4.38. The smallest absolute Gasteiger partial charge is 0.244 e. The van der Waals surface area contributed by atoms with Crippen molar-refractivity contribution >= 4 is 39.1 Å². The van der Waals surface area contributed by atoms with Crippen molar-refractivity contribution in [2.75, 3.05) is 30.3 Å². The molecule has 0 heterocycles. The van der Waals surface area contributed by atoms with Gasteiger partial charge in [0.1, 0.15) is 18.3 Å². The summed E-state index contributed by atoms with van der Waals surface area (Å²) in [5.74, 6) is -0.482. The first-order valence-electron chi connectivity index (χ1n) is 13.7. The number of para-hydroxylation sites is 2. The van der Waals surface area contributed by atoms with Crippen LogP contribution in [0.3, 0.4) is 0 Å². The minimum atomic E-state index is -3.90. The van der Waals surface area contributed by atoms with E-state index in [1.54, 1.807) is 55.5 Å². The van der Waals surface area contributed by atoms with Crippen LogP contribution >= 0.6 is 11.6 Å². The molecule has 1 N–H and O–H groups in total. The lowest BCUT2D eigenvalue weighted by molar-refractivity contribution is -0.140. The van der Waals surface area contributed by atoms with E-state index in [2.05, 4.69) is 5.32 Å². The summed E-state index contributed by atoms with van der Waals surface area (Å²) < 4.78 is 32.7. The van der Waals surface area contributed by atoms with E-state index in [-0.39, 0.29) is 24.6 Å². The van der Waals surface area contributed by atoms with Gasteiger partial charge in [-0.1, -0.05) is 79.5 Å². The second-order valence-corrected chi connectivity index (χ2v) is 12.0. The Labute approximate surface area is 248 Å². The van der Waals surface area contributed by atoms with Crippen LogP contribution in [0.1, 0.15) is 37.8 Å². The number of anilines is 1. The lowest BCUT2D eigenvalue weighted by Crippen LogP contribution is -2.53. The molecule has 0 radical (unpaired) electrons. The average molecular weight is 600 g/mol. The Morgan fingerprint density at radius 1 is 0.927 bits per heavy atom. The fourth-order valence-corrected chi connectivity index (χ4v) is 5.36. The summed E-state index contributed by atoms with van der Waals surface area (Å²) in [5.41, 5.74) is 1.88. The summed E-state index contributed by atoms with van der Waals surface area (Å²) in [5, 5.41) is 3.51. The van der Waals surface area contributed by atoms with Gasteiger partial charge in [-0.25, -0.2) is 8.42 Å². The van der Waals surface area contributed by atoms with Crippen LogP contribution in [0, 0.1) is 0 Å². The van der Waals surface area contributed by atoms with Gasteiger partial charge in [-0.05, 0) is 48.7 Å². The molecule has 3 aromatic rings. The number of carbonyl (C=O) groups is 2.